The molecule has 0 aromatic heterocycles. The Morgan fingerprint density at radius 2 is 1.69 bits per heavy atom. The molecule has 0 radical (unpaired) electrons. The summed E-state index contributed by atoms with van der Waals surface area (Å²) in [5, 5.41) is 7.46. The van der Waals surface area contributed by atoms with E-state index >= 15 is 0 Å². The highest BCUT2D eigenvalue weighted by Gasteiger charge is 2.33. The van der Waals surface area contributed by atoms with Gasteiger partial charge in [0.1, 0.15) is 0 Å². The molecule has 0 amide bonds. The van der Waals surface area contributed by atoms with Crippen molar-refractivity contribution in [3.05, 3.63) is 0 Å². The highest BCUT2D eigenvalue weighted by molar-refractivity contribution is 4.97. The van der Waals surface area contributed by atoms with Gasteiger partial charge in [0.15, 0.2) is 0 Å². The number of nitrogens with one attached hydrogen (secondary N) is 2. The van der Waals surface area contributed by atoms with Gasteiger partial charge < -0.3 is 10.6 Å². The van der Waals surface area contributed by atoms with Gasteiger partial charge in [-0.05, 0) is 26.7 Å². The molecule has 0 spiro atoms. The third-order valence-electron chi connectivity index (χ3n) is 3.40. The van der Waals surface area contributed by atoms with Crippen molar-refractivity contribution in [2.75, 3.05) is 6.54 Å². The Labute approximate surface area is 81.5 Å². The average molecular weight is 182 g/mol. The lowest BCUT2D eigenvalue weighted by Crippen LogP contribution is -2.65. The molecular weight excluding hydrogens is 160 g/mol. The Kier molecular flexibility index (Phi) is 2.61. The summed E-state index contributed by atoms with van der Waals surface area (Å²) in [5.41, 5.74) is 0.297. The van der Waals surface area contributed by atoms with Crippen LogP contribution in [-0.4, -0.2) is 24.2 Å². The third kappa shape index (κ3) is 2.23. The minimum atomic E-state index is 0.297. The molecule has 1 saturated heterocycles. The standard InChI is InChI=1S/C11H22N2/c1-11(2)8-12-9-6-4-3-5-7-10(9)13-11/h9-10,12-13H,3-8H2,1-2H3. The molecule has 2 fully saturated rings. The molecule has 1 aliphatic heterocycles. The van der Waals surface area contributed by atoms with Crippen molar-refractivity contribution in [2.45, 2.75) is 63.6 Å². The molecule has 0 aromatic rings. The molecular formula is C11H22N2. The van der Waals surface area contributed by atoms with E-state index in [1.165, 1.54) is 32.1 Å². The van der Waals surface area contributed by atoms with Gasteiger partial charge in [0.25, 0.3) is 0 Å². The molecule has 1 saturated carbocycles. The monoisotopic (exact) mass is 182 g/mol. The van der Waals surface area contributed by atoms with E-state index in [9.17, 15) is 0 Å². The zero-order valence-electron chi connectivity index (χ0n) is 8.90. The first-order valence-electron chi connectivity index (χ1n) is 5.68. The normalized spacial score (nSPS) is 39.2. The minimum absolute atomic E-state index is 0.297. The number of rotatable bonds is 0. The van der Waals surface area contributed by atoms with Crippen molar-refractivity contribution < 1.29 is 0 Å². The molecule has 0 bridgehead atoms. The van der Waals surface area contributed by atoms with Crippen LogP contribution in [0.5, 0.6) is 0 Å². The van der Waals surface area contributed by atoms with Crippen LogP contribution in [0, 0.1) is 0 Å². The van der Waals surface area contributed by atoms with Crippen LogP contribution in [0.2, 0.25) is 0 Å². The maximum atomic E-state index is 3.77. The largest absolute Gasteiger partial charge is 0.311 e. The van der Waals surface area contributed by atoms with Gasteiger partial charge in [0, 0.05) is 24.2 Å². The van der Waals surface area contributed by atoms with E-state index in [2.05, 4.69) is 24.5 Å². The predicted molar refractivity (Wildman–Crippen MR) is 55.9 cm³/mol. The summed E-state index contributed by atoms with van der Waals surface area (Å²) in [6.07, 6.45) is 6.98. The second-order valence-electron chi connectivity index (χ2n) is 5.26. The number of fused-ring (bicyclic) bond motifs is 1. The maximum Gasteiger partial charge on any atom is 0.0252 e. The van der Waals surface area contributed by atoms with Crippen molar-refractivity contribution >= 4 is 0 Å². The highest BCUT2D eigenvalue weighted by Crippen LogP contribution is 2.23. The predicted octanol–water partition coefficient (Wildman–Crippen LogP) is 1.66. The highest BCUT2D eigenvalue weighted by atomic mass is 15.1. The van der Waals surface area contributed by atoms with Gasteiger partial charge in [-0.25, -0.2) is 0 Å². The van der Waals surface area contributed by atoms with Crippen molar-refractivity contribution in [1.82, 2.24) is 10.6 Å². The fraction of sp³-hybridized carbons (Fsp3) is 1.00. The summed E-state index contributed by atoms with van der Waals surface area (Å²) in [7, 11) is 0. The van der Waals surface area contributed by atoms with Crippen LogP contribution in [0.25, 0.3) is 0 Å². The Bertz CT molecular complexity index is 177. The van der Waals surface area contributed by atoms with E-state index in [0.717, 1.165) is 18.6 Å². The lowest BCUT2D eigenvalue weighted by molar-refractivity contribution is 0.200. The van der Waals surface area contributed by atoms with Crippen LogP contribution in [0.1, 0.15) is 46.0 Å². The Morgan fingerprint density at radius 1 is 1.00 bits per heavy atom. The van der Waals surface area contributed by atoms with Crippen molar-refractivity contribution in [3.8, 4) is 0 Å². The van der Waals surface area contributed by atoms with Gasteiger partial charge >= 0.3 is 0 Å². The van der Waals surface area contributed by atoms with E-state index in [-0.39, 0.29) is 0 Å². The van der Waals surface area contributed by atoms with E-state index in [1.54, 1.807) is 0 Å². The van der Waals surface area contributed by atoms with E-state index in [1.807, 2.05) is 0 Å². The zero-order valence-corrected chi connectivity index (χ0v) is 8.90. The SMILES string of the molecule is CC1(C)CNC2CCCCCC2N1. The summed E-state index contributed by atoms with van der Waals surface area (Å²) >= 11 is 0. The third-order valence-corrected chi connectivity index (χ3v) is 3.40. The molecule has 0 aromatic carbocycles. The number of hydrogen-bond donors (Lipinski definition) is 2. The van der Waals surface area contributed by atoms with Crippen LogP contribution >= 0.6 is 0 Å². The molecule has 76 valence electrons. The Morgan fingerprint density at radius 3 is 2.46 bits per heavy atom. The van der Waals surface area contributed by atoms with E-state index < -0.39 is 0 Å². The lowest BCUT2D eigenvalue weighted by atomic mass is 9.92. The van der Waals surface area contributed by atoms with Gasteiger partial charge in [-0.1, -0.05) is 19.3 Å². The number of piperazine rings is 1. The summed E-state index contributed by atoms with van der Waals surface area (Å²) in [5.74, 6) is 0. The van der Waals surface area contributed by atoms with Gasteiger partial charge in [0.2, 0.25) is 0 Å². The molecule has 1 heterocycles. The first-order chi connectivity index (χ1) is 6.17. The first-order valence-corrected chi connectivity index (χ1v) is 5.68. The van der Waals surface area contributed by atoms with Crippen LogP contribution in [0.3, 0.4) is 0 Å². The first kappa shape index (κ1) is 9.47. The van der Waals surface area contributed by atoms with Crippen molar-refractivity contribution in [1.29, 1.82) is 0 Å². The lowest BCUT2D eigenvalue weighted by Gasteiger charge is -2.42. The van der Waals surface area contributed by atoms with Gasteiger partial charge in [-0.15, -0.1) is 0 Å². The summed E-state index contributed by atoms with van der Waals surface area (Å²) in [4.78, 5) is 0. The Hall–Kier alpha value is -0.0800. The fourth-order valence-electron chi connectivity index (χ4n) is 2.66. The molecule has 2 atom stereocenters. The summed E-state index contributed by atoms with van der Waals surface area (Å²) in [6, 6.07) is 1.47. The molecule has 2 nitrogen and oxygen atoms in total. The molecule has 2 aliphatic rings. The van der Waals surface area contributed by atoms with Gasteiger partial charge in [0.05, 0.1) is 0 Å². The molecule has 2 unspecified atom stereocenters. The molecule has 1 aliphatic carbocycles. The second-order valence-corrected chi connectivity index (χ2v) is 5.26. The van der Waals surface area contributed by atoms with E-state index in [0.29, 0.717) is 5.54 Å². The van der Waals surface area contributed by atoms with Gasteiger partial charge in [-0.2, -0.15) is 0 Å². The molecule has 2 rings (SSSR count). The smallest absolute Gasteiger partial charge is 0.0252 e. The minimum Gasteiger partial charge on any atom is -0.311 e. The maximum absolute atomic E-state index is 3.77. The Balaban J connectivity index is 2.00. The van der Waals surface area contributed by atoms with Crippen LogP contribution in [0.4, 0.5) is 0 Å². The van der Waals surface area contributed by atoms with E-state index in [4.69, 9.17) is 0 Å². The molecule has 13 heavy (non-hydrogen) atoms. The van der Waals surface area contributed by atoms with Crippen molar-refractivity contribution in [3.63, 3.8) is 0 Å². The topological polar surface area (TPSA) is 24.1 Å². The average Bonchev–Trinajstić information content (AvgIpc) is 2.27. The number of hydrogen-bond acceptors (Lipinski definition) is 2. The van der Waals surface area contributed by atoms with Crippen LogP contribution < -0.4 is 10.6 Å². The van der Waals surface area contributed by atoms with Crippen LogP contribution in [0.15, 0.2) is 0 Å². The second kappa shape index (κ2) is 3.58. The molecule has 2 heteroatoms. The summed E-state index contributed by atoms with van der Waals surface area (Å²) < 4.78 is 0. The van der Waals surface area contributed by atoms with Crippen molar-refractivity contribution in [2.24, 2.45) is 0 Å². The molecule has 2 N–H and O–H groups in total. The van der Waals surface area contributed by atoms with Crippen LogP contribution in [-0.2, 0) is 0 Å². The van der Waals surface area contributed by atoms with Gasteiger partial charge in [-0.3, -0.25) is 0 Å². The zero-order chi connectivity index (χ0) is 9.31. The fourth-order valence-corrected chi connectivity index (χ4v) is 2.66. The summed E-state index contributed by atoms with van der Waals surface area (Å²) in [6.45, 7) is 5.70. The quantitative estimate of drug-likeness (QED) is 0.595.